The number of fused-ring (bicyclic) bond motifs is 1. The Balaban J connectivity index is 2.11. The third-order valence-electron chi connectivity index (χ3n) is 3.89. The van der Waals surface area contributed by atoms with Crippen molar-refractivity contribution in [2.24, 2.45) is 0 Å². The molecular weight excluding hydrogens is 290 g/mol. The molecular formula is C18H17N3O2. The fourth-order valence-electron chi connectivity index (χ4n) is 2.74. The number of hydrogen-bond acceptors (Lipinski definition) is 4. The number of anilines is 2. The molecule has 2 aromatic carbocycles. The van der Waals surface area contributed by atoms with Crippen molar-refractivity contribution < 1.29 is 9.53 Å². The molecule has 0 spiro atoms. The van der Waals surface area contributed by atoms with Crippen molar-refractivity contribution in [2.75, 3.05) is 10.6 Å². The lowest BCUT2D eigenvalue weighted by atomic mass is 10.0. The summed E-state index contributed by atoms with van der Waals surface area (Å²) in [4.78, 5) is 14.4. The van der Waals surface area contributed by atoms with Gasteiger partial charge >= 0.3 is 0 Å². The molecule has 5 heteroatoms. The molecule has 116 valence electrons. The van der Waals surface area contributed by atoms with Gasteiger partial charge in [-0.15, -0.1) is 0 Å². The van der Waals surface area contributed by atoms with Crippen molar-refractivity contribution in [3.63, 3.8) is 0 Å². The minimum atomic E-state index is -0.984. The second-order valence-corrected chi connectivity index (χ2v) is 5.97. The Morgan fingerprint density at radius 1 is 1.22 bits per heavy atom. The molecule has 0 aliphatic carbocycles. The summed E-state index contributed by atoms with van der Waals surface area (Å²) >= 11 is 0. The van der Waals surface area contributed by atoms with Crippen molar-refractivity contribution in [3.05, 3.63) is 53.6 Å². The number of nitriles is 1. The first-order chi connectivity index (χ1) is 10.9. The van der Waals surface area contributed by atoms with Crippen LogP contribution in [0.5, 0.6) is 5.75 Å². The normalized spacial score (nSPS) is 15.5. The Morgan fingerprint density at radius 3 is 2.70 bits per heavy atom. The van der Waals surface area contributed by atoms with Crippen LogP contribution in [0.4, 0.5) is 11.4 Å². The predicted molar refractivity (Wildman–Crippen MR) is 87.9 cm³/mol. The highest BCUT2D eigenvalue weighted by atomic mass is 16.5. The van der Waals surface area contributed by atoms with Crippen LogP contribution in [0.2, 0.25) is 0 Å². The Labute approximate surface area is 134 Å². The molecule has 0 fully saturated rings. The number of carbonyl (C=O) groups is 1. The molecule has 0 aromatic heterocycles. The lowest BCUT2D eigenvalue weighted by Gasteiger charge is -2.39. The van der Waals surface area contributed by atoms with Gasteiger partial charge in [-0.25, -0.2) is 0 Å². The summed E-state index contributed by atoms with van der Waals surface area (Å²) in [5, 5.41) is 9.26. The number of para-hydroxylation sites is 1. The molecule has 1 heterocycles. The maximum Gasteiger partial charge on any atom is 0.271 e. The lowest BCUT2D eigenvalue weighted by Crippen LogP contribution is -2.52. The van der Waals surface area contributed by atoms with Crippen LogP contribution in [-0.2, 0) is 11.3 Å². The largest absolute Gasteiger partial charge is 0.476 e. The fourth-order valence-corrected chi connectivity index (χ4v) is 2.74. The zero-order valence-electron chi connectivity index (χ0n) is 13.0. The number of nitrogens with two attached hydrogens (primary N) is 1. The van der Waals surface area contributed by atoms with Crippen LogP contribution in [-0.4, -0.2) is 11.5 Å². The SMILES string of the molecule is CC1(C)Oc2cccc(N)c2N(Cc2ccccc2C#N)C1=O. The number of amides is 1. The van der Waals surface area contributed by atoms with E-state index in [-0.39, 0.29) is 12.5 Å². The quantitative estimate of drug-likeness (QED) is 0.865. The van der Waals surface area contributed by atoms with Crippen LogP contribution >= 0.6 is 0 Å². The first-order valence-electron chi connectivity index (χ1n) is 7.31. The van der Waals surface area contributed by atoms with Gasteiger partial charge in [0.25, 0.3) is 5.91 Å². The molecule has 3 rings (SSSR count). The molecule has 23 heavy (non-hydrogen) atoms. The maximum absolute atomic E-state index is 12.8. The van der Waals surface area contributed by atoms with E-state index in [2.05, 4.69) is 6.07 Å². The van der Waals surface area contributed by atoms with E-state index in [1.54, 1.807) is 49.1 Å². The van der Waals surface area contributed by atoms with Gasteiger partial charge < -0.3 is 10.5 Å². The van der Waals surface area contributed by atoms with Crippen LogP contribution in [0.15, 0.2) is 42.5 Å². The number of rotatable bonds is 2. The molecule has 1 aliphatic heterocycles. The number of nitrogens with zero attached hydrogens (tertiary/aromatic N) is 2. The summed E-state index contributed by atoms with van der Waals surface area (Å²) in [6.07, 6.45) is 0. The Bertz CT molecular complexity index is 821. The molecule has 2 aromatic rings. The number of carbonyl (C=O) groups excluding carboxylic acids is 1. The van der Waals surface area contributed by atoms with Gasteiger partial charge in [-0.1, -0.05) is 24.3 Å². The van der Waals surface area contributed by atoms with E-state index < -0.39 is 5.60 Å². The highest BCUT2D eigenvalue weighted by Gasteiger charge is 2.41. The van der Waals surface area contributed by atoms with Crippen molar-refractivity contribution in [1.29, 1.82) is 5.26 Å². The standard InChI is InChI=1S/C18H17N3O2/c1-18(2)17(22)21(11-13-7-4-3-6-12(13)10-19)16-14(20)8-5-9-15(16)23-18/h3-9H,11,20H2,1-2H3. The van der Waals surface area contributed by atoms with Crippen LogP contribution in [0.25, 0.3) is 0 Å². The third kappa shape index (κ3) is 2.49. The summed E-state index contributed by atoms with van der Waals surface area (Å²) in [6, 6.07) is 14.7. The van der Waals surface area contributed by atoms with Gasteiger partial charge in [0.2, 0.25) is 0 Å². The van der Waals surface area contributed by atoms with Crippen LogP contribution < -0.4 is 15.4 Å². The minimum Gasteiger partial charge on any atom is -0.476 e. The Hall–Kier alpha value is -3.00. The van der Waals surface area contributed by atoms with E-state index in [1.165, 1.54) is 0 Å². The van der Waals surface area contributed by atoms with E-state index in [1.807, 2.05) is 12.1 Å². The van der Waals surface area contributed by atoms with Crippen LogP contribution in [0, 0.1) is 11.3 Å². The van der Waals surface area contributed by atoms with Gasteiger partial charge in [-0.3, -0.25) is 9.69 Å². The molecule has 2 N–H and O–H groups in total. The summed E-state index contributed by atoms with van der Waals surface area (Å²) in [7, 11) is 0. The smallest absolute Gasteiger partial charge is 0.271 e. The maximum atomic E-state index is 12.8. The molecule has 0 radical (unpaired) electrons. The van der Waals surface area contributed by atoms with E-state index in [9.17, 15) is 10.1 Å². The highest BCUT2D eigenvalue weighted by molar-refractivity contribution is 6.04. The van der Waals surface area contributed by atoms with E-state index in [4.69, 9.17) is 10.5 Å². The van der Waals surface area contributed by atoms with Crippen LogP contribution in [0.3, 0.4) is 0 Å². The fraction of sp³-hybridized carbons (Fsp3) is 0.222. The van der Waals surface area contributed by atoms with Gasteiger partial charge in [0.15, 0.2) is 5.60 Å². The molecule has 0 unspecified atom stereocenters. The van der Waals surface area contributed by atoms with Gasteiger partial charge in [-0.05, 0) is 37.6 Å². The van der Waals surface area contributed by atoms with E-state index in [0.29, 0.717) is 22.7 Å². The monoisotopic (exact) mass is 307 g/mol. The lowest BCUT2D eigenvalue weighted by molar-refractivity contribution is -0.132. The summed E-state index contributed by atoms with van der Waals surface area (Å²) in [5.74, 6) is 0.389. The highest BCUT2D eigenvalue weighted by Crippen LogP contribution is 2.42. The van der Waals surface area contributed by atoms with Gasteiger partial charge in [0.05, 0.1) is 23.9 Å². The predicted octanol–water partition coefficient (Wildman–Crippen LogP) is 2.84. The number of hydrogen-bond donors (Lipinski definition) is 1. The van der Waals surface area contributed by atoms with Crippen molar-refractivity contribution in [2.45, 2.75) is 26.0 Å². The van der Waals surface area contributed by atoms with E-state index >= 15 is 0 Å². The molecule has 5 nitrogen and oxygen atoms in total. The average molecular weight is 307 g/mol. The number of benzene rings is 2. The van der Waals surface area contributed by atoms with Gasteiger partial charge in [0.1, 0.15) is 11.4 Å². The molecule has 0 saturated carbocycles. The second-order valence-electron chi connectivity index (χ2n) is 5.97. The molecule has 1 aliphatic rings. The summed E-state index contributed by atoms with van der Waals surface area (Å²) < 4.78 is 5.80. The minimum absolute atomic E-state index is 0.185. The second kappa shape index (κ2) is 5.33. The number of nitrogen functional groups attached to an aromatic ring is 1. The van der Waals surface area contributed by atoms with Gasteiger partial charge in [-0.2, -0.15) is 5.26 Å². The first kappa shape index (κ1) is 14.9. The molecule has 1 amide bonds. The van der Waals surface area contributed by atoms with Crippen molar-refractivity contribution >= 4 is 17.3 Å². The van der Waals surface area contributed by atoms with E-state index in [0.717, 1.165) is 5.56 Å². The Morgan fingerprint density at radius 2 is 1.96 bits per heavy atom. The number of ether oxygens (including phenoxy) is 1. The van der Waals surface area contributed by atoms with Gasteiger partial charge in [0, 0.05) is 0 Å². The van der Waals surface area contributed by atoms with Crippen LogP contribution in [0.1, 0.15) is 25.0 Å². The third-order valence-corrected chi connectivity index (χ3v) is 3.89. The molecule has 0 bridgehead atoms. The topological polar surface area (TPSA) is 79.3 Å². The summed E-state index contributed by atoms with van der Waals surface area (Å²) in [6.45, 7) is 3.73. The Kier molecular flexibility index (Phi) is 3.45. The van der Waals surface area contributed by atoms with Crippen molar-refractivity contribution in [1.82, 2.24) is 0 Å². The molecule has 0 saturated heterocycles. The first-order valence-corrected chi connectivity index (χ1v) is 7.31. The van der Waals surface area contributed by atoms with Crippen molar-refractivity contribution in [3.8, 4) is 11.8 Å². The zero-order valence-corrected chi connectivity index (χ0v) is 13.0. The summed E-state index contributed by atoms with van der Waals surface area (Å²) in [5.41, 5.74) is 7.43. The zero-order chi connectivity index (χ0) is 16.6. The molecule has 0 atom stereocenters. The average Bonchev–Trinajstić information content (AvgIpc) is 2.52.